The normalized spacial score (nSPS) is 17.2. The predicted octanol–water partition coefficient (Wildman–Crippen LogP) is 3.55. The number of hydrogen-bond donors (Lipinski definition) is 1. The smallest absolute Gasteiger partial charge is 0.185 e. The lowest BCUT2D eigenvalue weighted by Gasteiger charge is -2.24. The van der Waals surface area contributed by atoms with Gasteiger partial charge in [-0.25, -0.2) is 17.6 Å². The Morgan fingerprint density at radius 3 is 2.06 bits per heavy atom. The van der Waals surface area contributed by atoms with Gasteiger partial charge in [0.1, 0.15) is 5.69 Å². The molecule has 2 rings (SSSR count). The van der Waals surface area contributed by atoms with E-state index in [4.69, 9.17) is 0 Å². The molecule has 1 fully saturated rings. The Hall–Kier alpha value is -0.910. The first kappa shape index (κ1) is 12.5. The van der Waals surface area contributed by atoms with Gasteiger partial charge in [-0.1, -0.05) is 0 Å². The second-order valence-corrected chi connectivity index (χ2v) is 5.10. The third-order valence-corrected chi connectivity index (χ3v) is 3.73. The van der Waals surface area contributed by atoms with Gasteiger partial charge in [-0.3, -0.25) is 0 Å². The zero-order valence-corrected chi connectivity index (χ0v) is 9.72. The van der Waals surface area contributed by atoms with E-state index in [1.165, 1.54) is 0 Å². The topological polar surface area (TPSA) is 12.0 Å². The fourth-order valence-corrected chi connectivity index (χ4v) is 2.85. The van der Waals surface area contributed by atoms with E-state index < -0.39 is 29.0 Å². The van der Waals surface area contributed by atoms with Crippen molar-refractivity contribution in [3.05, 3.63) is 29.3 Å². The van der Waals surface area contributed by atoms with Crippen molar-refractivity contribution >= 4 is 17.4 Å². The Labute approximate surface area is 101 Å². The Bertz CT molecular complexity index is 392. The molecule has 0 spiro atoms. The molecule has 1 nitrogen and oxygen atoms in total. The Kier molecular flexibility index (Phi) is 3.81. The van der Waals surface area contributed by atoms with Crippen molar-refractivity contribution in [3.8, 4) is 0 Å². The van der Waals surface area contributed by atoms with E-state index in [1.54, 1.807) is 11.8 Å². The third kappa shape index (κ3) is 2.68. The Balaban J connectivity index is 2.24. The molecular formula is C11H11F4NS. The molecule has 1 aliphatic rings. The molecule has 0 radical (unpaired) electrons. The zero-order valence-electron chi connectivity index (χ0n) is 8.90. The van der Waals surface area contributed by atoms with Crippen molar-refractivity contribution in [3.63, 3.8) is 0 Å². The van der Waals surface area contributed by atoms with Crippen LogP contribution in [0.4, 0.5) is 23.2 Å². The van der Waals surface area contributed by atoms with Crippen molar-refractivity contribution in [1.29, 1.82) is 0 Å². The molecule has 0 bridgehead atoms. The summed E-state index contributed by atoms with van der Waals surface area (Å²) in [6.45, 7) is 0. The van der Waals surface area contributed by atoms with Crippen LogP contribution >= 0.6 is 11.8 Å². The molecule has 1 aliphatic heterocycles. The molecule has 6 heteroatoms. The lowest BCUT2D eigenvalue weighted by molar-refractivity contribution is 0.455. The number of rotatable bonds is 2. The highest BCUT2D eigenvalue weighted by molar-refractivity contribution is 7.99. The van der Waals surface area contributed by atoms with E-state index in [1.807, 2.05) is 0 Å². The Morgan fingerprint density at radius 1 is 1.00 bits per heavy atom. The fraction of sp³-hybridized carbons (Fsp3) is 0.455. The second-order valence-electron chi connectivity index (χ2n) is 3.87. The first-order valence-corrected chi connectivity index (χ1v) is 6.42. The van der Waals surface area contributed by atoms with Crippen LogP contribution in [0, 0.1) is 23.3 Å². The van der Waals surface area contributed by atoms with Gasteiger partial charge in [-0.05, 0) is 24.3 Å². The van der Waals surface area contributed by atoms with Crippen molar-refractivity contribution in [2.75, 3.05) is 16.8 Å². The molecule has 0 aromatic heterocycles. The molecule has 94 valence electrons. The van der Waals surface area contributed by atoms with Crippen molar-refractivity contribution < 1.29 is 17.6 Å². The molecule has 1 N–H and O–H groups in total. The third-order valence-electron chi connectivity index (χ3n) is 2.68. The number of benzene rings is 1. The van der Waals surface area contributed by atoms with Gasteiger partial charge in [0, 0.05) is 12.1 Å². The summed E-state index contributed by atoms with van der Waals surface area (Å²) in [6.07, 6.45) is 1.45. The van der Waals surface area contributed by atoms with Crippen molar-refractivity contribution in [2.24, 2.45) is 0 Å². The molecule has 1 saturated heterocycles. The highest BCUT2D eigenvalue weighted by atomic mass is 32.2. The first-order valence-electron chi connectivity index (χ1n) is 5.27. The number of halogens is 4. The summed E-state index contributed by atoms with van der Waals surface area (Å²) in [5, 5.41) is 2.56. The van der Waals surface area contributed by atoms with Crippen LogP contribution in [0.25, 0.3) is 0 Å². The van der Waals surface area contributed by atoms with Gasteiger partial charge < -0.3 is 5.32 Å². The number of anilines is 1. The van der Waals surface area contributed by atoms with Gasteiger partial charge in [-0.15, -0.1) is 0 Å². The number of thioether (sulfide) groups is 1. The standard InChI is InChI=1S/C11H11F4NS/c12-7-5-8(13)10(15)11(9(7)14)16-6-1-3-17-4-2-6/h5-6,16H,1-4H2. The van der Waals surface area contributed by atoms with Gasteiger partial charge in [0.25, 0.3) is 0 Å². The van der Waals surface area contributed by atoms with Crippen LogP contribution in [0.2, 0.25) is 0 Å². The van der Waals surface area contributed by atoms with Gasteiger partial charge >= 0.3 is 0 Å². The van der Waals surface area contributed by atoms with E-state index >= 15 is 0 Å². The minimum absolute atomic E-state index is 0.138. The summed E-state index contributed by atoms with van der Waals surface area (Å²) in [7, 11) is 0. The zero-order chi connectivity index (χ0) is 12.4. The van der Waals surface area contributed by atoms with Crippen LogP contribution in [0.1, 0.15) is 12.8 Å². The molecule has 0 unspecified atom stereocenters. The van der Waals surface area contributed by atoms with Crippen LogP contribution < -0.4 is 5.32 Å². The monoisotopic (exact) mass is 265 g/mol. The number of nitrogens with one attached hydrogen (secondary N) is 1. The summed E-state index contributed by atoms with van der Waals surface area (Å²) >= 11 is 1.75. The number of hydrogen-bond acceptors (Lipinski definition) is 2. The van der Waals surface area contributed by atoms with Gasteiger partial charge in [-0.2, -0.15) is 11.8 Å². The van der Waals surface area contributed by atoms with E-state index in [2.05, 4.69) is 5.32 Å². The second kappa shape index (κ2) is 5.16. The highest BCUT2D eigenvalue weighted by Gasteiger charge is 2.22. The highest BCUT2D eigenvalue weighted by Crippen LogP contribution is 2.27. The van der Waals surface area contributed by atoms with Gasteiger partial charge in [0.05, 0.1) is 0 Å². The van der Waals surface area contributed by atoms with Crippen LogP contribution in [0.3, 0.4) is 0 Å². The molecule has 0 amide bonds. The lowest BCUT2D eigenvalue weighted by Crippen LogP contribution is -2.26. The molecule has 1 aromatic rings. The first-order chi connectivity index (χ1) is 8.09. The molecule has 0 atom stereocenters. The summed E-state index contributed by atoms with van der Waals surface area (Å²) in [5.74, 6) is -3.73. The van der Waals surface area contributed by atoms with Crippen LogP contribution in [-0.2, 0) is 0 Å². The molecular weight excluding hydrogens is 254 g/mol. The quantitative estimate of drug-likeness (QED) is 0.648. The maximum Gasteiger partial charge on any atom is 0.185 e. The predicted molar refractivity (Wildman–Crippen MR) is 60.2 cm³/mol. The summed E-state index contributed by atoms with van der Waals surface area (Å²) in [4.78, 5) is 0. The maximum absolute atomic E-state index is 13.3. The average molecular weight is 265 g/mol. The minimum atomic E-state index is -1.38. The van der Waals surface area contributed by atoms with Crippen LogP contribution in [0.5, 0.6) is 0 Å². The van der Waals surface area contributed by atoms with E-state index in [9.17, 15) is 17.6 Å². The summed E-state index contributed by atoms with van der Waals surface area (Å²) in [6, 6.07) is 0.0773. The van der Waals surface area contributed by atoms with Crippen molar-refractivity contribution in [2.45, 2.75) is 18.9 Å². The van der Waals surface area contributed by atoms with E-state index in [0.29, 0.717) is 0 Å². The molecule has 17 heavy (non-hydrogen) atoms. The van der Waals surface area contributed by atoms with Gasteiger partial charge in [0.2, 0.25) is 0 Å². The molecule has 0 saturated carbocycles. The lowest BCUT2D eigenvalue weighted by atomic mass is 10.1. The minimum Gasteiger partial charge on any atom is -0.377 e. The van der Waals surface area contributed by atoms with Gasteiger partial charge in [0.15, 0.2) is 23.3 Å². The summed E-state index contributed by atoms with van der Waals surface area (Å²) < 4.78 is 52.6. The SMILES string of the molecule is Fc1cc(F)c(F)c(NC2CCSCC2)c1F. The Morgan fingerprint density at radius 2 is 1.53 bits per heavy atom. The van der Waals surface area contributed by atoms with Crippen molar-refractivity contribution in [1.82, 2.24) is 0 Å². The van der Waals surface area contributed by atoms with Crippen LogP contribution in [0.15, 0.2) is 6.07 Å². The average Bonchev–Trinajstić information content (AvgIpc) is 2.33. The molecule has 0 aliphatic carbocycles. The largest absolute Gasteiger partial charge is 0.377 e. The van der Waals surface area contributed by atoms with Crippen LogP contribution in [-0.4, -0.2) is 17.5 Å². The van der Waals surface area contributed by atoms with E-state index in [-0.39, 0.29) is 12.1 Å². The van der Waals surface area contributed by atoms with E-state index in [0.717, 1.165) is 24.3 Å². The summed E-state index contributed by atoms with van der Waals surface area (Å²) in [5.41, 5.74) is -0.695. The molecule has 1 aromatic carbocycles. The fourth-order valence-electron chi connectivity index (χ4n) is 1.75. The molecule has 1 heterocycles. The maximum atomic E-state index is 13.3.